The number of carbonyl (C=O) groups excluding carboxylic acids is 1. The topological polar surface area (TPSA) is 60.3 Å². The minimum Gasteiger partial charge on any atom is -0.489 e. The molecule has 1 amide bonds. The van der Waals surface area contributed by atoms with Gasteiger partial charge in [-0.05, 0) is 92.9 Å². The Hall–Kier alpha value is -2.77. The number of fused-ring (bicyclic) bond motifs is 4. The second-order valence-electron chi connectivity index (χ2n) is 10.9. The van der Waals surface area contributed by atoms with E-state index in [2.05, 4.69) is 5.32 Å². The van der Waals surface area contributed by atoms with Gasteiger partial charge in [-0.2, -0.15) is 13.2 Å². The zero-order valence-electron chi connectivity index (χ0n) is 19.4. The molecule has 0 aliphatic heterocycles. The van der Waals surface area contributed by atoms with Crippen LogP contribution < -0.4 is 15.6 Å². The molecule has 8 heteroatoms. The Bertz CT molecular complexity index is 1210. The molecule has 0 radical (unpaired) electrons. The summed E-state index contributed by atoms with van der Waals surface area (Å²) in [5, 5.41) is 2.69. The molecule has 2 aromatic rings. The lowest BCUT2D eigenvalue weighted by Gasteiger charge is -2.25. The number of aromatic nitrogens is 1. The van der Waals surface area contributed by atoms with Crippen molar-refractivity contribution in [2.75, 3.05) is 5.32 Å². The van der Waals surface area contributed by atoms with E-state index in [4.69, 9.17) is 4.74 Å². The Balaban J connectivity index is 1.23. The minimum absolute atomic E-state index is 0.0399. The number of pyridine rings is 1. The van der Waals surface area contributed by atoms with E-state index in [1.54, 1.807) is 16.8 Å². The van der Waals surface area contributed by atoms with Crippen molar-refractivity contribution >= 4 is 11.6 Å². The van der Waals surface area contributed by atoms with Gasteiger partial charge in [-0.25, -0.2) is 0 Å². The molecule has 35 heavy (non-hydrogen) atoms. The molecule has 3 unspecified atom stereocenters. The fourth-order valence-corrected chi connectivity index (χ4v) is 7.07. The van der Waals surface area contributed by atoms with Gasteiger partial charge in [0.2, 0.25) is 0 Å². The summed E-state index contributed by atoms with van der Waals surface area (Å²) >= 11 is 0. The SMILES string of the molecule is O=C(Nc1ccn([C@@H]2C[C@H]3CC[C@@H]2C3)c(=O)c1)c1ccc(C(F)(F)F)cc1OC1CC2CCC1C2. The van der Waals surface area contributed by atoms with Gasteiger partial charge in [0.15, 0.2) is 0 Å². The maximum atomic E-state index is 13.4. The maximum Gasteiger partial charge on any atom is 0.416 e. The number of benzene rings is 1. The number of halogens is 3. The van der Waals surface area contributed by atoms with E-state index in [1.807, 2.05) is 0 Å². The van der Waals surface area contributed by atoms with E-state index in [9.17, 15) is 22.8 Å². The summed E-state index contributed by atoms with van der Waals surface area (Å²) in [6.45, 7) is 0. The highest BCUT2D eigenvalue weighted by molar-refractivity contribution is 6.06. The third-order valence-electron chi connectivity index (χ3n) is 8.77. The van der Waals surface area contributed by atoms with E-state index in [-0.39, 0.29) is 29.0 Å². The summed E-state index contributed by atoms with van der Waals surface area (Å²) in [5.74, 6) is 1.47. The molecule has 4 bridgehead atoms. The number of rotatable bonds is 5. The van der Waals surface area contributed by atoms with Crippen LogP contribution in [0.2, 0.25) is 0 Å². The van der Waals surface area contributed by atoms with Crippen LogP contribution >= 0.6 is 0 Å². The largest absolute Gasteiger partial charge is 0.489 e. The second kappa shape index (κ2) is 8.42. The standard InChI is InChI=1S/C27H29F3N2O3/c28-27(29,30)19-5-6-21(24(13-19)35-23-12-16-2-4-18(23)10-16)26(34)31-20-7-8-32(25(33)14-20)22-11-15-1-3-17(22)9-15/h5-8,13-18,22-23H,1-4,9-12H2,(H,31,34)/t15-,16?,17+,18?,22+,23?/m0/s1. The molecular weight excluding hydrogens is 457 g/mol. The zero-order valence-corrected chi connectivity index (χ0v) is 19.4. The van der Waals surface area contributed by atoms with Crippen LogP contribution in [0.25, 0.3) is 0 Å². The number of nitrogens with zero attached hydrogens (tertiary/aromatic N) is 1. The van der Waals surface area contributed by atoms with Crippen LogP contribution in [0.3, 0.4) is 0 Å². The average Bonchev–Trinajstić information content (AvgIpc) is 3.61. The van der Waals surface area contributed by atoms with Gasteiger partial charge in [-0.1, -0.05) is 6.42 Å². The first-order chi connectivity index (χ1) is 16.7. The van der Waals surface area contributed by atoms with Gasteiger partial charge in [0, 0.05) is 24.0 Å². The van der Waals surface area contributed by atoms with Crippen LogP contribution in [-0.2, 0) is 6.18 Å². The lowest BCUT2D eigenvalue weighted by molar-refractivity contribution is -0.137. The number of nitrogens with one attached hydrogen (secondary N) is 1. The maximum absolute atomic E-state index is 13.4. The van der Waals surface area contributed by atoms with E-state index in [0.29, 0.717) is 29.4 Å². The molecular formula is C27H29F3N2O3. The Morgan fingerprint density at radius 1 is 0.943 bits per heavy atom. The van der Waals surface area contributed by atoms with Gasteiger partial charge in [0.1, 0.15) is 11.9 Å². The third kappa shape index (κ3) is 4.25. The molecule has 1 heterocycles. The van der Waals surface area contributed by atoms with Gasteiger partial charge in [-0.15, -0.1) is 0 Å². The molecule has 1 aromatic carbocycles. The molecule has 5 nitrogen and oxygen atoms in total. The first-order valence-corrected chi connectivity index (χ1v) is 12.7. The van der Waals surface area contributed by atoms with Crippen LogP contribution in [0.15, 0.2) is 41.3 Å². The van der Waals surface area contributed by atoms with Crippen LogP contribution in [-0.4, -0.2) is 16.6 Å². The number of amides is 1. The van der Waals surface area contributed by atoms with Crippen LogP contribution in [0.1, 0.15) is 73.3 Å². The molecule has 6 atom stereocenters. The third-order valence-corrected chi connectivity index (χ3v) is 8.77. The fraction of sp³-hybridized carbons (Fsp3) is 0.556. The highest BCUT2D eigenvalue weighted by Gasteiger charge is 2.42. The van der Waals surface area contributed by atoms with E-state index >= 15 is 0 Å². The molecule has 4 aliphatic rings. The highest BCUT2D eigenvalue weighted by atomic mass is 19.4. The van der Waals surface area contributed by atoms with Gasteiger partial charge in [-0.3, -0.25) is 9.59 Å². The molecule has 4 fully saturated rings. The van der Waals surface area contributed by atoms with Crippen molar-refractivity contribution < 1.29 is 22.7 Å². The number of alkyl halides is 3. The number of ether oxygens (including phenoxy) is 1. The zero-order chi connectivity index (χ0) is 24.3. The summed E-state index contributed by atoms with van der Waals surface area (Å²) < 4.78 is 48.0. The van der Waals surface area contributed by atoms with Crippen molar-refractivity contribution in [3.05, 3.63) is 58.0 Å². The van der Waals surface area contributed by atoms with Gasteiger partial charge < -0.3 is 14.6 Å². The van der Waals surface area contributed by atoms with Crippen molar-refractivity contribution in [2.45, 2.75) is 69.7 Å². The summed E-state index contributed by atoms with van der Waals surface area (Å²) in [7, 11) is 0. The molecule has 1 N–H and O–H groups in total. The summed E-state index contributed by atoms with van der Waals surface area (Å²) in [5.41, 5.74) is -0.657. The molecule has 0 spiro atoms. The summed E-state index contributed by atoms with van der Waals surface area (Å²) in [6.07, 6.45) is 5.59. The fourth-order valence-electron chi connectivity index (χ4n) is 7.07. The van der Waals surface area contributed by atoms with Gasteiger partial charge in [0.25, 0.3) is 11.5 Å². The van der Waals surface area contributed by atoms with E-state index in [0.717, 1.165) is 56.7 Å². The summed E-state index contributed by atoms with van der Waals surface area (Å²) in [4.78, 5) is 25.9. The Labute approximate surface area is 201 Å². The molecule has 4 aliphatic carbocycles. The Morgan fingerprint density at radius 3 is 2.29 bits per heavy atom. The first-order valence-electron chi connectivity index (χ1n) is 12.7. The molecule has 4 saturated carbocycles. The monoisotopic (exact) mass is 486 g/mol. The smallest absolute Gasteiger partial charge is 0.416 e. The quantitative estimate of drug-likeness (QED) is 0.560. The number of carbonyl (C=O) groups is 1. The van der Waals surface area contributed by atoms with Crippen LogP contribution in [0.5, 0.6) is 5.75 Å². The molecule has 6 rings (SSSR count). The van der Waals surface area contributed by atoms with Crippen LogP contribution in [0, 0.1) is 23.7 Å². The Morgan fingerprint density at radius 2 is 1.69 bits per heavy atom. The van der Waals surface area contributed by atoms with Crippen LogP contribution in [0.4, 0.5) is 18.9 Å². The van der Waals surface area contributed by atoms with E-state index in [1.165, 1.54) is 18.9 Å². The molecule has 186 valence electrons. The molecule has 0 saturated heterocycles. The minimum atomic E-state index is -4.54. The number of anilines is 1. The second-order valence-corrected chi connectivity index (χ2v) is 10.9. The van der Waals surface area contributed by atoms with Gasteiger partial charge >= 0.3 is 6.18 Å². The van der Waals surface area contributed by atoms with Crippen molar-refractivity contribution in [3.8, 4) is 5.75 Å². The van der Waals surface area contributed by atoms with Gasteiger partial charge in [0.05, 0.1) is 11.1 Å². The predicted molar refractivity (Wildman–Crippen MR) is 124 cm³/mol. The normalized spacial score (nSPS) is 31.2. The molecule has 1 aromatic heterocycles. The predicted octanol–water partition coefficient (Wildman–Crippen LogP) is 6.05. The Kier molecular flexibility index (Phi) is 5.45. The summed E-state index contributed by atoms with van der Waals surface area (Å²) in [6, 6.07) is 6.28. The number of hydrogen-bond acceptors (Lipinski definition) is 3. The van der Waals surface area contributed by atoms with Crippen molar-refractivity contribution in [1.82, 2.24) is 4.57 Å². The highest BCUT2D eigenvalue weighted by Crippen LogP contribution is 2.50. The first kappa shape index (κ1) is 22.7. The lowest BCUT2D eigenvalue weighted by Crippen LogP contribution is -2.28. The number of hydrogen-bond donors (Lipinski definition) is 1. The average molecular weight is 487 g/mol. The van der Waals surface area contributed by atoms with Crippen molar-refractivity contribution in [2.24, 2.45) is 23.7 Å². The van der Waals surface area contributed by atoms with E-state index < -0.39 is 17.6 Å². The van der Waals surface area contributed by atoms with Crippen molar-refractivity contribution in [3.63, 3.8) is 0 Å². The lowest BCUT2D eigenvalue weighted by atomic mass is 9.95. The van der Waals surface area contributed by atoms with Crippen molar-refractivity contribution in [1.29, 1.82) is 0 Å².